The minimum atomic E-state index is -2.46. The third kappa shape index (κ3) is 3.84. The van der Waals surface area contributed by atoms with Gasteiger partial charge in [-0.1, -0.05) is 13.8 Å². The zero-order valence-electron chi connectivity index (χ0n) is 9.37. The van der Waals surface area contributed by atoms with Gasteiger partial charge in [-0.3, -0.25) is 9.79 Å². The Morgan fingerprint density at radius 2 is 2.19 bits per heavy atom. The lowest BCUT2D eigenvalue weighted by Crippen LogP contribution is -2.31. The number of nitrogens with one attached hydrogen (secondary N) is 1. The van der Waals surface area contributed by atoms with Crippen LogP contribution in [0.15, 0.2) is 4.99 Å². The van der Waals surface area contributed by atoms with Crippen molar-refractivity contribution in [2.75, 3.05) is 13.2 Å². The van der Waals surface area contributed by atoms with Gasteiger partial charge in [0.05, 0.1) is 6.61 Å². The molecule has 1 unspecified atom stereocenters. The van der Waals surface area contributed by atoms with Gasteiger partial charge in [-0.05, 0) is 5.92 Å². The summed E-state index contributed by atoms with van der Waals surface area (Å²) in [5, 5.41) is 2.62. The lowest BCUT2D eigenvalue weighted by molar-refractivity contribution is -0.120. The van der Waals surface area contributed by atoms with Crippen molar-refractivity contribution >= 4 is 11.7 Å². The first kappa shape index (κ1) is 13.0. The van der Waals surface area contributed by atoms with Crippen LogP contribution in [0, 0.1) is 5.92 Å². The number of carbonyl (C=O) groups is 1. The number of amides is 1. The third-order valence-corrected chi connectivity index (χ3v) is 2.19. The highest BCUT2D eigenvalue weighted by Crippen LogP contribution is 2.12. The number of carbonyl (C=O) groups excluding carboxylic acids is 1. The molecule has 1 atom stereocenters. The van der Waals surface area contributed by atoms with Crippen molar-refractivity contribution in [3.05, 3.63) is 0 Å². The topological polar surface area (TPSA) is 50.7 Å². The summed E-state index contributed by atoms with van der Waals surface area (Å²) < 4.78 is 28.2. The van der Waals surface area contributed by atoms with Crippen molar-refractivity contribution in [2.24, 2.45) is 10.9 Å². The summed E-state index contributed by atoms with van der Waals surface area (Å²) >= 11 is 0. The first-order valence-electron chi connectivity index (χ1n) is 5.24. The van der Waals surface area contributed by atoms with Crippen LogP contribution in [0.2, 0.25) is 0 Å². The molecule has 0 aliphatic carbocycles. The smallest absolute Gasteiger partial charge is 0.261 e. The molecule has 16 heavy (non-hydrogen) atoms. The van der Waals surface area contributed by atoms with Crippen molar-refractivity contribution in [3.63, 3.8) is 0 Å². The number of alkyl halides is 2. The molecule has 0 saturated heterocycles. The zero-order chi connectivity index (χ0) is 12.1. The Kier molecular flexibility index (Phi) is 4.79. The standard InChI is InChI=1S/C10H16F2N2O2/c1-6(2)9-10(15)14-8(13-9)3-4-16-5-7(11)12/h6-7,9H,3-5H2,1-2H3,(H,13,14,15). The zero-order valence-corrected chi connectivity index (χ0v) is 9.37. The molecular weight excluding hydrogens is 218 g/mol. The molecule has 0 radical (unpaired) electrons. The maximum absolute atomic E-state index is 11.7. The highest BCUT2D eigenvalue weighted by Gasteiger charge is 2.28. The van der Waals surface area contributed by atoms with Crippen LogP contribution in [0.1, 0.15) is 20.3 Å². The normalized spacial score (nSPS) is 20.5. The van der Waals surface area contributed by atoms with E-state index in [-0.39, 0.29) is 24.5 Å². The Morgan fingerprint density at radius 1 is 1.50 bits per heavy atom. The molecule has 92 valence electrons. The van der Waals surface area contributed by atoms with Gasteiger partial charge in [-0.15, -0.1) is 0 Å². The van der Waals surface area contributed by atoms with Crippen LogP contribution in [0.3, 0.4) is 0 Å². The highest BCUT2D eigenvalue weighted by molar-refractivity contribution is 6.05. The number of rotatable bonds is 6. The average Bonchev–Trinajstić information content (AvgIpc) is 2.54. The molecule has 0 saturated carbocycles. The molecule has 1 aliphatic rings. The summed E-state index contributed by atoms with van der Waals surface area (Å²) in [6, 6.07) is -0.356. The van der Waals surface area contributed by atoms with Gasteiger partial charge in [-0.2, -0.15) is 0 Å². The summed E-state index contributed by atoms with van der Waals surface area (Å²) in [5.41, 5.74) is 0. The minimum absolute atomic E-state index is 0.126. The molecule has 0 aromatic rings. The van der Waals surface area contributed by atoms with Crippen molar-refractivity contribution in [2.45, 2.75) is 32.7 Å². The van der Waals surface area contributed by atoms with E-state index in [2.05, 4.69) is 10.3 Å². The second-order valence-corrected chi connectivity index (χ2v) is 3.97. The van der Waals surface area contributed by atoms with Gasteiger partial charge in [0.15, 0.2) is 0 Å². The summed E-state index contributed by atoms with van der Waals surface area (Å²) in [4.78, 5) is 15.6. The fraction of sp³-hybridized carbons (Fsp3) is 0.800. The predicted octanol–water partition coefficient (Wildman–Crippen LogP) is 1.21. The van der Waals surface area contributed by atoms with Crippen molar-refractivity contribution in [1.82, 2.24) is 5.32 Å². The summed E-state index contributed by atoms with van der Waals surface area (Å²) in [7, 11) is 0. The molecule has 6 heteroatoms. The SMILES string of the molecule is CC(C)C1N=C(CCOCC(F)F)NC1=O. The number of hydrogen-bond acceptors (Lipinski definition) is 3. The molecule has 1 aliphatic heterocycles. The van der Waals surface area contributed by atoms with E-state index < -0.39 is 13.0 Å². The van der Waals surface area contributed by atoms with Gasteiger partial charge in [0.25, 0.3) is 6.43 Å². The quantitative estimate of drug-likeness (QED) is 0.702. The maximum atomic E-state index is 11.7. The molecule has 1 amide bonds. The van der Waals surface area contributed by atoms with E-state index in [1.807, 2.05) is 13.8 Å². The number of aliphatic imine (C=N–C) groups is 1. The minimum Gasteiger partial charge on any atom is -0.375 e. The van der Waals surface area contributed by atoms with Gasteiger partial charge in [0.2, 0.25) is 5.91 Å². The van der Waals surface area contributed by atoms with Crippen molar-refractivity contribution in [3.8, 4) is 0 Å². The van der Waals surface area contributed by atoms with Gasteiger partial charge >= 0.3 is 0 Å². The molecule has 1 rings (SSSR count). The Morgan fingerprint density at radius 3 is 2.69 bits per heavy atom. The van der Waals surface area contributed by atoms with Crippen LogP contribution in [-0.2, 0) is 9.53 Å². The van der Waals surface area contributed by atoms with Crippen LogP contribution >= 0.6 is 0 Å². The summed E-state index contributed by atoms with van der Waals surface area (Å²) in [6.45, 7) is 3.39. The number of ether oxygens (including phenoxy) is 1. The molecule has 1 N–H and O–H groups in total. The monoisotopic (exact) mass is 234 g/mol. The Hall–Kier alpha value is -1.04. The van der Waals surface area contributed by atoms with E-state index in [4.69, 9.17) is 4.74 Å². The number of amidine groups is 1. The van der Waals surface area contributed by atoms with E-state index in [0.29, 0.717) is 12.3 Å². The second-order valence-electron chi connectivity index (χ2n) is 3.97. The van der Waals surface area contributed by atoms with E-state index in [1.54, 1.807) is 0 Å². The van der Waals surface area contributed by atoms with Crippen LogP contribution < -0.4 is 5.32 Å². The van der Waals surface area contributed by atoms with E-state index >= 15 is 0 Å². The predicted molar refractivity (Wildman–Crippen MR) is 55.6 cm³/mol. The van der Waals surface area contributed by atoms with E-state index in [0.717, 1.165) is 0 Å². The summed E-state index contributed by atoms with van der Waals surface area (Å²) in [5.74, 6) is 0.538. The third-order valence-electron chi connectivity index (χ3n) is 2.19. The Labute approximate surface area is 93.1 Å². The molecule has 0 fully saturated rings. The van der Waals surface area contributed by atoms with Crippen molar-refractivity contribution < 1.29 is 18.3 Å². The highest BCUT2D eigenvalue weighted by atomic mass is 19.3. The average molecular weight is 234 g/mol. The largest absolute Gasteiger partial charge is 0.375 e. The van der Waals surface area contributed by atoms with E-state index in [9.17, 15) is 13.6 Å². The lowest BCUT2D eigenvalue weighted by atomic mass is 10.1. The number of nitrogens with zero attached hydrogens (tertiary/aromatic N) is 1. The molecular formula is C10H16F2N2O2. The fourth-order valence-electron chi connectivity index (χ4n) is 1.40. The first-order chi connectivity index (χ1) is 7.50. The van der Waals surface area contributed by atoms with E-state index in [1.165, 1.54) is 0 Å². The second kappa shape index (κ2) is 5.89. The fourth-order valence-corrected chi connectivity index (χ4v) is 1.40. The maximum Gasteiger partial charge on any atom is 0.261 e. The molecule has 0 aromatic carbocycles. The van der Waals surface area contributed by atoms with Gasteiger partial charge in [0, 0.05) is 6.42 Å². The van der Waals surface area contributed by atoms with Crippen LogP contribution in [-0.4, -0.2) is 37.4 Å². The molecule has 4 nitrogen and oxygen atoms in total. The van der Waals surface area contributed by atoms with Gasteiger partial charge in [0.1, 0.15) is 18.5 Å². The first-order valence-corrected chi connectivity index (χ1v) is 5.24. The van der Waals surface area contributed by atoms with Crippen LogP contribution in [0.25, 0.3) is 0 Å². The Balaban J connectivity index is 2.28. The molecule has 0 bridgehead atoms. The lowest BCUT2D eigenvalue weighted by Gasteiger charge is -2.06. The number of hydrogen-bond donors (Lipinski definition) is 1. The molecule has 0 aromatic heterocycles. The van der Waals surface area contributed by atoms with Crippen LogP contribution in [0.5, 0.6) is 0 Å². The number of halogens is 2. The molecule has 0 spiro atoms. The van der Waals surface area contributed by atoms with Gasteiger partial charge < -0.3 is 10.1 Å². The van der Waals surface area contributed by atoms with Crippen LogP contribution in [0.4, 0.5) is 8.78 Å². The van der Waals surface area contributed by atoms with Crippen molar-refractivity contribution in [1.29, 1.82) is 0 Å². The van der Waals surface area contributed by atoms with Gasteiger partial charge in [-0.25, -0.2) is 8.78 Å². The molecule has 1 heterocycles. The Bertz CT molecular complexity index is 280. The summed E-state index contributed by atoms with van der Waals surface area (Å²) in [6.07, 6.45) is -2.09.